The molecule has 2 rings (SSSR count). The maximum Gasteiger partial charge on any atom is 0.324 e. The van der Waals surface area contributed by atoms with E-state index in [1.807, 2.05) is 0 Å². The molecule has 5 heteroatoms. The number of carboxylic acids is 1. The molecular weight excluding hydrogens is 254 g/mol. The predicted octanol–water partition coefficient (Wildman–Crippen LogP) is 0.999. The molecule has 2 N–H and O–H groups in total. The summed E-state index contributed by atoms with van der Waals surface area (Å²) in [6.45, 7) is 9.99. The topological polar surface area (TPSA) is 55.8 Å². The fourth-order valence-corrected chi connectivity index (χ4v) is 3.60. The normalized spacial score (nSPS) is 30.9. The number of carbonyl (C=O) groups is 1. The van der Waals surface area contributed by atoms with Crippen LogP contribution in [-0.4, -0.2) is 71.7 Å². The van der Waals surface area contributed by atoms with Gasteiger partial charge in [-0.05, 0) is 52.6 Å². The van der Waals surface area contributed by atoms with Gasteiger partial charge in [-0.1, -0.05) is 0 Å². The molecule has 0 radical (unpaired) electrons. The molecule has 2 heterocycles. The Hall–Kier alpha value is -0.650. The van der Waals surface area contributed by atoms with Crippen molar-refractivity contribution in [2.45, 2.75) is 51.1 Å². The molecule has 0 aliphatic carbocycles. The summed E-state index contributed by atoms with van der Waals surface area (Å²) in [5.41, 5.74) is -0.643. The van der Waals surface area contributed by atoms with Crippen molar-refractivity contribution in [3.63, 3.8) is 0 Å². The molecule has 0 aromatic rings. The SMILES string of the molecule is CC(C)N1CCCC(C(=O)O)(N2CCCNCC2)CC1. The van der Waals surface area contributed by atoms with Gasteiger partial charge in [0.25, 0.3) is 0 Å². The lowest BCUT2D eigenvalue weighted by molar-refractivity contribution is -0.152. The molecular formula is C15H29N3O2. The van der Waals surface area contributed by atoms with Crippen molar-refractivity contribution in [3.8, 4) is 0 Å². The van der Waals surface area contributed by atoms with Crippen LogP contribution in [0.3, 0.4) is 0 Å². The molecule has 0 saturated carbocycles. The van der Waals surface area contributed by atoms with Gasteiger partial charge in [0, 0.05) is 32.2 Å². The fourth-order valence-electron chi connectivity index (χ4n) is 3.60. The van der Waals surface area contributed by atoms with E-state index in [9.17, 15) is 9.90 Å². The minimum absolute atomic E-state index is 0.505. The molecule has 2 aliphatic heterocycles. The van der Waals surface area contributed by atoms with Gasteiger partial charge in [-0.15, -0.1) is 0 Å². The minimum Gasteiger partial charge on any atom is -0.480 e. The number of hydrogen-bond donors (Lipinski definition) is 2. The minimum atomic E-state index is -0.643. The Kier molecular flexibility index (Phi) is 5.41. The summed E-state index contributed by atoms with van der Waals surface area (Å²) in [7, 11) is 0. The zero-order valence-corrected chi connectivity index (χ0v) is 12.9. The molecule has 5 nitrogen and oxygen atoms in total. The van der Waals surface area contributed by atoms with Crippen molar-refractivity contribution in [1.82, 2.24) is 15.1 Å². The van der Waals surface area contributed by atoms with Crippen molar-refractivity contribution < 1.29 is 9.90 Å². The highest BCUT2D eigenvalue weighted by molar-refractivity contribution is 5.79. The van der Waals surface area contributed by atoms with Crippen LogP contribution in [-0.2, 0) is 4.79 Å². The van der Waals surface area contributed by atoms with Gasteiger partial charge < -0.3 is 15.3 Å². The summed E-state index contributed by atoms with van der Waals surface area (Å²) < 4.78 is 0. The third kappa shape index (κ3) is 3.32. The monoisotopic (exact) mass is 283 g/mol. The third-order valence-corrected chi connectivity index (χ3v) is 4.92. The molecule has 20 heavy (non-hydrogen) atoms. The molecule has 2 fully saturated rings. The fraction of sp³-hybridized carbons (Fsp3) is 0.933. The predicted molar refractivity (Wildman–Crippen MR) is 80.0 cm³/mol. The zero-order valence-electron chi connectivity index (χ0n) is 12.9. The number of hydrogen-bond acceptors (Lipinski definition) is 4. The van der Waals surface area contributed by atoms with Crippen molar-refractivity contribution in [3.05, 3.63) is 0 Å². The first-order chi connectivity index (χ1) is 9.56. The van der Waals surface area contributed by atoms with Crippen molar-refractivity contribution in [1.29, 1.82) is 0 Å². The van der Waals surface area contributed by atoms with Crippen molar-refractivity contribution in [2.75, 3.05) is 39.3 Å². The molecule has 2 saturated heterocycles. The van der Waals surface area contributed by atoms with Gasteiger partial charge in [0.2, 0.25) is 0 Å². The second-order valence-electron chi connectivity index (χ2n) is 6.41. The molecule has 1 atom stereocenters. The highest BCUT2D eigenvalue weighted by atomic mass is 16.4. The van der Waals surface area contributed by atoms with E-state index < -0.39 is 11.5 Å². The van der Waals surface area contributed by atoms with E-state index in [0.717, 1.165) is 65.0 Å². The molecule has 0 spiro atoms. The van der Waals surface area contributed by atoms with Gasteiger partial charge in [-0.2, -0.15) is 0 Å². The molecule has 0 amide bonds. The average molecular weight is 283 g/mol. The smallest absolute Gasteiger partial charge is 0.324 e. The van der Waals surface area contributed by atoms with Crippen LogP contribution >= 0.6 is 0 Å². The van der Waals surface area contributed by atoms with E-state index in [0.29, 0.717) is 6.04 Å². The van der Waals surface area contributed by atoms with E-state index >= 15 is 0 Å². The van der Waals surface area contributed by atoms with Gasteiger partial charge in [0.1, 0.15) is 5.54 Å². The Morgan fingerprint density at radius 2 is 1.90 bits per heavy atom. The van der Waals surface area contributed by atoms with Gasteiger partial charge in [0.05, 0.1) is 0 Å². The van der Waals surface area contributed by atoms with Crippen LogP contribution in [0.15, 0.2) is 0 Å². The third-order valence-electron chi connectivity index (χ3n) is 4.92. The molecule has 0 aromatic heterocycles. The molecule has 0 bridgehead atoms. The van der Waals surface area contributed by atoms with E-state index in [1.165, 1.54) is 0 Å². The summed E-state index contributed by atoms with van der Waals surface area (Å²) in [4.78, 5) is 16.7. The van der Waals surface area contributed by atoms with Crippen LogP contribution in [0, 0.1) is 0 Å². The second-order valence-corrected chi connectivity index (χ2v) is 6.41. The maximum atomic E-state index is 12.0. The summed E-state index contributed by atoms with van der Waals surface area (Å²) in [6, 6.07) is 0.505. The van der Waals surface area contributed by atoms with Crippen LogP contribution in [0.1, 0.15) is 39.5 Å². The van der Waals surface area contributed by atoms with E-state index in [4.69, 9.17) is 0 Å². The molecule has 1 unspecified atom stereocenters. The van der Waals surface area contributed by atoms with Gasteiger partial charge >= 0.3 is 5.97 Å². The Balaban J connectivity index is 2.14. The van der Waals surface area contributed by atoms with Crippen LogP contribution in [0.4, 0.5) is 0 Å². The largest absolute Gasteiger partial charge is 0.480 e. The lowest BCUT2D eigenvalue weighted by Gasteiger charge is -2.39. The Bertz CT molecular complexity index is 327. The summed E-state index contributed by atoms with van der Waals surface area (Å²) in [5.74, 6) is -0.620. The van der Waals surface area contributed by atoms with Crippen LogP contribution in [0.2, 0.25) is 0 Å². The first kappa shape index (κ1) is 15.7. The standard InChI is InChI=1S/C15H29N3O2/c1-13(2)17-9-3-5-15(6-11-17,14(19)20)18-10-4-7-16-8-12-18/h13,16H,3-12H2,1-2H3,(H,19,20). The Labute approximate surface area is 122 Å². The molecule has 0 aromatic carbocycles. The summed E-state index contributed by atoms with van der Waals surface area (Å²) in [5, 5.41) is 13.3. The van der Waals surface area contributed by atoms with Crippen LogP contribution in [0.5, 0.6) is 0 Å². The van der Waals surface area contributed by atoms with Crippen LogP contribution in [0.25, 0.3) is 0 Å². The number of carboxylic acid groups (broad SMARTS) is 1. The second kappa shape index (κ2) is 6.87. The van der Waals surface area contributed by atoms with E-state index in [-0.39, 0.29) is 0 Å². The van der Waals surface area contributed by atoms with Gasteiger partial charge in [-0.25, -0.2) is 0 Å². The molecule has 2 aliphatic rings. The first-order valence-electron chi connectivity index (χ1n) is 7.99. The van der Waals surface area contributed by atoms with E-state index in [2.05, 4.69) is 29.0 Å². The Morgan fingerprint density at radius 3 is 2.60 bits per heavy atom. The average Bonchev–Trinajstić information content (AvgIpc) is 2.80. The van der Waals surface area contributed by atoms with Crippen LogP contribution < -0.4 is 5.32 Å². The molecule has 116 valence electrons. The number of rotatable bonds is 3. The van der Waals surface area contributed by atoms with Crippen molar-refractivity contribution >= 4 is 5.97 Å². The summed E-state index contributed by atoms with van der Waals surface area (Å²) in [6.07, 6.45) is 3.56. The van der Waals surface area contributed by atoms with E-state index in [1.54, 1.807) is 0 Å². The highest BCUT2D eigenvalue weighted by Crippen LogP contribution is 2.30. The summed E-state index contributed by atoms with van der Waals surface area (Å²) >= 11 is 0. The number of nitrogens with one attached hydrogen (secondary N) is 1. The lowest BCUT2D eigenvalue weighted by atomic mass is 9.88. The van der Waals surface area contributed by atoms with Gasteiger partial charge in [-0.3, -0.25) is 9.69 Å². The number of aliphatic carboxylic acids is 1. The Morgan fingerprint density at radius 1 is 1.10 bits per heavy atom. The first-order valence-corrected chi connectivity index (χ1v) is 7.99. The highest BCUT2D eigenvalue weighted by Gasteiger charge is 2.45. The quantitative estimate of drug-likeness (QED) is 0.809. The number of nitrogens with zero attached hydrogens (tertiary/aromatic N) is 2. The maximum absolute atomic E-state index is 12.0. The van der Waals surface area contributed by atoms with Crippen molar-refractivity contribution in [2.24, 2.45) is 0 Å². The van der Waals surface area contributed by atoms with Gasteiger partial charge in [0.15, 0.2) is 0 Å². The lowest BCUT2D eigenvalue weighted by Crippen LogP contribution is -2.56. The zero-order chi connectivity index (χ0) is 14.6. The number of likely N-dealkylation sites (tertiary alicyclic amines) is 1.